The number of carbonyl (C=O) groups excluding carboxylic acids is 3. The molecule has 1 fully saturated rings. The molecule has 7 N–H and O–H groups in total. The van der Waals surface area contributed by atoms with Crippen LogP contribution in [0.25, 0.3) is 0 Å². The van der Waals surface area contributed by atoms with Gasteiger partial charge in [0, 0.05) is 16.5 Å². The van der Waals surface area contributed by atoms with Crippen molar-refractivity contribution in [3.05, 3.63) is 21.8 Å². The standard InChI is InChI=1S/C18H22I3N3O8/c19-12-10(16(30)22-7(3-25)4-26)13(20)15(24-2-1-9(29)18(24)32)14(21)11(12)17(31)23-8(5-27)6-28/h7-9,25-29H,1-6H2,(H,22,30)(H,23,31). The highest BCUT2D eigenvalue weighted by molar-refractivity contribution is 14.1. The molecule has 1 saturated heterocycles. The van der Waals surface area contributed by atoms with Crippen LogP contribution in [0.5, 0.6) is 0 Å². The average molecular weight is 789 g/mol. The molecule has 11 nitrogen and oxygen atoms in total. The summed E-state index contributed by atoms with van der Waals surface area (Å²) < 4.78 is 0.943. The van der Waals surface area contributed by atoms with Gasteiger partial charge in [-0.25, -0.2) is 0 Å². The second kappa shape index (κ2) is 12.4. The molecule has 1 atom stereocenters. The fourth-order valence-corrected chi connectivity index (χ4v) is 7.71. The summed E-state index contributed by atoms with van der Waals surface area (Å²) in [4.78, 5) is 39.9. The lowest BCUT2D eigenvalue weighted by molar-refractivity contribution is -0.124. The number of amides is 3. The van der Waals surface area contributed by atoms with Crippen molar-refractivity contribution in [2.24, 2.45) is 0 Å². The third kappa shape index (κ3) is 5.81. The predicted octanol–water partition coefficient (Wildman–Crippen LogP) is -1.24. The van der Waals surface area contributed by atoms with Crippen molar-refractivity contribution in [2.45, 2.75) is 24.6 Å². The van der Waals surface area contributed by atoms with Gasteiger partial charge in [0.25, 0.3) is 17.7 Å². The number of halogens is 3. The first-order chi connectivity index (χ1) is 15.1. The number of carbonyl (C=O) groups is 3. The Bertz CT molecular complexity index is 840. The summed E-state index contributed by atoms with van der Waals surface area (Å²) in [5.74, 6) is -1.91. The van der Waals surface area contributed by atoms with E-state index in [1.54, 1.807) is 0 Å². The lowest BCUT2D eigenvalue weighted by Crippen LogP contribution is -2.43. The highest BCUT2D eigenvalue weighted by atomic mass is 127. The van der Waals surface area contributed by atoms with E-state index in [1.165, 1.54) is 4.90 Å². The zero-order valence-electron chi connectivity index (χ0n) is 16.5. The van der Waals surface area contributed by atoms with Crippen LogP contribution in [0.2, 0.25) is 0 Å². The molecule has 14 heteroatoms. The van der Waals surface area contributed by atoms with E-state index in [0.717, 1.165) is 0 Å². The van der Waals surface area contributed by atoms with Gasteiger partial charge in [0.2, 0.25) is 0 Å². The maximum absolute atomic E-state index is 13.0. The minimum Gasteiger partial charge on any atom is -0.394 e. The Labute approximate surface area is 224 Å². The lowest BCUT2D eigenvalue weighted by Gasteiger charge is -2.25. The number of hydrogen-bond acceptors (Lipinski definition) is 8. The largest absolute Gasteiger partial charge is 0.394 e. The van der Waals surface area contributed by atoms with Gasteiger partial charge in [-0.3, -0.25) is 14.4 Å². The topological polar surface area (TPSA) is 180 Å². The molecule has 1 aliphatic rings. The Morgan fingerprint density at radius 2 is 1.28 bits per heavy atom. The predicted molar refractivity (Wildman–Crippen MR) is 138 cm³/mol. The zero-order valence-corrected chi connectivity index (χ0v) is 23.0. The van der Waals surface area contributed by atoms with Crippen LogP contribution in [0.1, 0.15) is 27.1 Å². The van der Waals surface area contributed by atoms with Gasteiger partial charge in [-0.15, -0.1) is 0 Å². The van der Waals surface area contributed by atoms with Crippen LogP contribution < -0.4 is 15.5 Å². The van der Waals surface area contributed by atoms with Crippen molar-refractivity contribution in [2.75, 3.05) is 37.9 Å². The molecular formula is C18H22I3N3O8. The molecule has 0 aromatic heterocycles. The van der Waals surface area contributed by atoms with E-state index in [1.807, 2.05) is 67.8 Å². The van der Waals surface area contributed by atoms with E-state index >= 15 is 0 Å². The Morgan fingerprint density at radius 1 is 0.875 bits per heavy atom. The smallest absolute Gasteiger partial charge is 0.255 e. The molecular weight excluding hydrogens is 767 g/mol. The fraction of sp³-hybridized carbons (Fsp3) is 0.500. The van der Waals surface area contributed by atoms with Crippen LogP contribution in [0.15, 0.2) is 0 Å². The average Bonchev–Trinajstić information content (AvgIpc) is 3.08. The van der Waals surface area contributed by atoms with Crippen LogP contribution >= 0.6 is 67.8 Å². The molecule has 1 aromatic carbocycles. The molecule has 0 spiro atoms. The lowest BCUT2D eigenvalue weighted by atomic mass is 10.1. The summed E-state index contributed by atoms with van der Waals surface area (Å²) in [6.45, 7) is -1.85. The Balaban J connectivity index is 2.70. The number of nitrogens with one attached hydrogen (secondary N) is 2. The van der Waals surface area contributed by atoms with Crippen LogP contribution in [0.3, 0.4) is 0 Å². The quantitative estimate of drug-likeness (QED) is 0.152. The second-order valence-corrected chi connectivity index (χ2v) is 10.1. The first-order valence-electron chi connectivity index (χ1n) is 9.37. The monoisotopic (exact) mass is 789 g/mol. The number of aliphatic hydroxyl groups is 5. The molecule has 0 radical (unpaired) electrons. The molecule has 1 unspecified atom stereocenters. The summed E-state index contributed by atoms with van der Waals surface area (Å²) in [5.41, 5.74) is 0.382. The van der Waals surface area contributed by atoms with Gasteiger partial charge in [-0.2, -0.15) is 0 Å². The van der Waals surface area contributed by atoms with Gasteiger partial charge in [-0.1, -0.05) is 0 Å². The number of benzene rings is 1. The van der Waals surface area contributed by atoms with Crippen LogP contribution in [0.4, 0.5) is 5.69 Å². The number of anilines is 1. The van der Waals surface area contributed by atoms with Crippen LogP contribution in [0, 0.1) is 10.7 Å². The highest BCUT2D eigenvalue weighted by Crippen LogP contribution is 2.39. The normalized spacial score (nSPS) is 16.2. The molecule has 0 bridgehead atoms. The highest BCUT2D eigenvalue weighted by Gasteiger charge is 2.37. The van der Waals surface area contributed by atoms with Crippen molar-refractivity contribution < 1.29 is 39.9 Å². The number of hydrogen-bond donors (Lipinski definition) is 7. The van der Waals surface area contributed by atoms with Crippen molar-refractivity contribution in [3.8, 4) is 0 Å². The van der Waals surface area contributed by atoms with Gasteiger partial charge < -0.3 is 41.1 Å². The Morgan fingerprint density at radius 3 is 1.59 bits per heavy atom. The summed E-state index contributed by atoms with van der Waals surface area (Å²) in [5, 5.41) is 52.2. The van der Waals surface area contributed by atoms with Gasteiger partial charge in [0.15, 0.2) is 0 Å². The van der Waals surface area contributed by atoms with Gasteiger partial charge in [0.05, 0.1) is 62.5 Å². The van der Waals surface area contributed by atoms with Gasteiger partial charge in [0.1, 0.15) is 6.10 Å². The van der Waals surface area contributed by atoms with E-state index in [0.29, 0.717) is 7.14 Å². The molecule has 1 aliphatic heterocycles. The van der Waals surface area contributed by atoms with Crippen LogP contribution in [-0.4, -0.2) is 94.4 Å². The van der Waals surface area contributed by atoms with E-state index in [9.17, 15) is 39.9 Å². The number of nitrogens with zero attached hydrogens (tertiary/aromatic N) is 1. The molecule has 1 heterocycles. The van der Waals surface area contributed by atoms with E-state index < -0.39 is 62.3 Å². The summed E-state index contributed by atoms with van der Waals surface area (Å²) in [7, 11) is 0. The van der Waals surface area contributed by atoms with Gasteiger partial charge >= 0.3 is 0 Å². The van der Waals surface area contributed by atoms with E-state index in [-0.39, 0.29) is 33.4 Å². The van der Waals surface area contributed by atoms with Crippen molar-refractivity contribution in [1.82, 2.24) is 10.6 Å². The van der Waals surface area contributed by atoms with E-state index in [2.05, 4.69) is 10.6 Å². The number of rotatable bonds is 9. The summed E-state index contributed by atoms with van der Waals surface area (Å²) in [6.07, 6.45) is -1.01. The molecule has 32 heavy (non-hydrogen) atoms. The minimum absolute atomic E-state index is 0.0532. The van der Waals surface area contributed by atoms with Crippen molar-refractivity contribution in [1.29, 1.82) is 0 Å². The molecule has 1 aromatic rings. The third-order valence-electron chi connectivity index (χ3n) is 4.75. The minimum atomic E-state index is -1.20. The second-order valence-electron chi connectivity index (χ2n) is 6.91. The Kier molecular flexibility index (Phi) is 10.8. The fourth-order valence-electron chi connectivity index (χ4n) is 2.99. The number of aliphatic hydroxyl groups excluding tert-OH is 5. The Hall–Kier alpha value is -0.380. The molecule has 178 valence electrons. The molecule has 3 amide bonds. The molecule has 0 saturated carbocycles. The SMILES string of the molecule is O=C(NC(CO)CO)c1c(I)c(C(=O)NC(CO)CO)c(I)c(N2CCC(O)C2=O)c1I. The molecule has 2 rings (SSSR count). The first kappa shape index (κ1) is 27.9. The third-order valence-corrected chi connectivity index (χ3v) is 7.93. The van der Waals surface area contributed by atoms with Crippen molar-refractivity contribution in [3.63, 3.8) is 0 Å². The van der Waals surface area contributed by atoms with Crippen molar-refractivity contribution >= 4 is 91.2 Å². The zero-order chi connectivity index (χ0) is 24.2. The summed E-state index contributed by atoms with van der Waals surface area (Å²) in [6, 6.07) is -1.87. The first-order valence-corrected chi connectivity index (χ1v) is 12.6. The van der Waals surface area contributed by atoms with E-state index in [4.69, 9.17) is 0 Å². The summed E-state index contributed by atoms with van der Waals surface area (Å²) >= 11 is 5.59. The maximum Gasteiger partial charge on any atom is 0.255 e. The molecule has 0 aliphatic carbocycles. The van der Waals surface area contributed by atoms with Gasteiger partial charge in [-0.05, 0) is 67.8 Å². The maximum atomic E-state index is 13.0. The van der Waals surface area contributed by atoms with Crippen LogP contribution in [-0.2, 0) is 4.79 Å².